The van der Waals surface area contributed by atoms with Gasteiger partial charge in [-0.1, -0.05) is 0 Å². The van der Waals surface area contributed by atoms with E-state index in [0.29, 0.717) is 0 Å². The Morgan fingerprint density at radius 1 is 1.38 bits per heavy atom. The molecule has 0 aromatic heterocycles. The molecule has 76 valence electrons. The van der Waals surface area contributed by atoms with Gasteiger partial charge in [0.2, 0.25) is 0 Å². The first-order valence-electron chi connectivity index (χ1n) is 4.04. The first-order chi connectivity index (χ1) is 5.83. The predicted octanol–water partition coefficient (Wildman–Crippen LogP) is -0.633. The standard InChI is InChI=1S/C7H13NO4S/c8-7(5-6(9)10)1-3-13(11,12)4-2-7/h1-5,8H2,(H,9,10). The third-order valence-electron chi connectivity index (χ3n) is 2.33. The van der Waals surface area contributed by atoms with Crippen molar-refractivity contribution in [2.75, 3.05) is 11.5 Å². The molecule has 0 atom stereocenters. The number of carboxylic acids is 1. The summed E-state index contributed by atoms with van der Waals surface area (Å²) in [4.78, 5) is 10.4. The average Bonchev–Trinajstić information content (AvgIpc) is 1.95. The molecule has 1 heterocycles. The topological polar surface area (TPSA) is 97.5 Å². The molecule has 0 aliphatic carbocycles. The minimum Gasteiger partial charge on any atom is -0.481 e. The molecule has 0 spiro atoms. The van der Waals surface area contributed by atoms with Crippen molar-refractivity contribution in [2.45, 2.75) is 24.8 Å². The van der Waals surface area contributed by atoms with Gasteiger partial charge < -0.3 is 10.8 Å². The van der Waals surface area contributed by atoms with E-state index in [9.17, 15) is 13.2 Å². The molecule has 1 rings (SSSR count). The second kappa shape index (κ2) is 3.26. The fourth-order valence-corrected chi connectivity index (χ4v) is 3.06. The SMILES string of the molecule is NC1(CC(=O)O)CCS(=O)(=O)CC1. The summed E-state index contributed by atoms with van der Waals surface area (Å²) >= 11 is 0. The maximum Gasteiger partial charge on any atom is 0.305 e. The quantitative estimate of drug-likeness (QED) is 0.628. The Morgan fingerprint density at radius 2 is 1.85 bits per heavy atom. The minimum absolute atomic E-state index is 0.0107. The Kier molecular flexibility index (Phi) is 2.63. The molecule has 13 heavy (non-hydrogen) atoms. The zero-order valence-corrected chi connectivity index (χ0v) is 8.01. The van der Waals surface area contributed by atoms with Gasteiger partial charge in [-0.3, -0.25) is 4.79 Å². The van der Waals surface area contributed by atoms with E-state index in [0.717, 1.165) is 0 Å². The summed E-state index contributed by atoms with van der Waals surface area (Å²) in [5.74, 6) is -0.949. The molecular weight excluding hydrogens is 194 g/mol. The Hall–Kier alpha value is -0.620. The van der Waals surface area contributed by atoms with Crippen LogP contribution < -0.4 is 5.73 Å². The van der Waals surface area contributed by atoms with Crippen LogP contribution in [0, 0.1) is 0 Å². The molecule has 6 heteroatoms. The van der Waals surface area contributed by atoms with Crippen LogP contribution >= 0.6 is 0 Å². The molecule has 3 N–H and O–H groups in total. The highest BCUT2D eigenvalue weighted by molar-refractivity contribution is 7.91. The minimum atomic E-state index is -2.96. The molecule has 0 bridgehead atoms. The lowest BCUT2D eigenvalue weighted by Gasteiger charge is -2.31. The number of rotatable bonds is 2. The van der Waals surface area contributed by atoms with Crippen molar-refractivity contribution >= 4 is 15.8 Å². The third kappa shape index (κ3) is 2.96. The van der Waals surface area contributed by atoms with Gasteiger partial charge in [-0.2, -0.15) is 0 Å². The summed E-state index contributed by atoms with van der Waals surface area (Å²) in [5.41, 5.74) is 4.91. The summed E-state index contributed by atoms with van der Waals surface area (Å²) in [6.07, 6.45) is 0.353. The van der Waals surface area contributed by atoms with Crippen molar-refractivity contribution in [1.82, 2.24) is 0 Å². The molecule has 1 fully saturated rings. The van der Waals surface area contributed by atoms with Crippen LogP contribution in [0.15, 0.2) is 0 Å². The number of carboxylic acid groups (broad SMARTS) is 1. The van der Waals surface area contributed by atoms with Gasteiger partial charge in [-0.15, -0.1) is 0 Å². The van der Waals surface area contributed by atoms with Gasteiger partial charge in [0.25, 0.3) is 0 Å². The Morgan fingerprint density at radius 3 is 2.23 bits per heavy atom. The van der Waals surface area contributed by atoms with E-state index in [1.165, 1.54) is 0 Å². The highest BCUT2D eigenvalue weighted by Crippen LogP contribution is 2.24. The average molecular weight is 207 g/mol. The summed E-state index contributed by atoms with van der Waals surface area (Å²) in [6.45, 7) is 0. The smallest absolute Gasteiger partial charge is 0.305 e. The highest BCUT2D eigenvalue weighted by atomic mass is 32.2. The lowest BCUT2D eigenvalue weighted by molar-refractivity contribution is -0.138. The van der Waals surface area contributed by atoms with Crippen molar-refractivity contribution in [3.63, 3.8) is 0 Å². The van der Waals surface area contributed by atoms with E-state index in [1.807, 2.05) is 0 Å². The van der Waals surface area contributed by atoms with Gasteiger partial charge >= 0.3 is 5.97 Å². The number of hydrogen-bond donors (Lipinski definition) is 2. The molecule has 0 aromatic carbocycles. The van der Waals surface area contributed by atoms with Crippen LogP contribution in [0.2, 0.25) is 0 Å². The normalized spacial score (nSPS) is 25.3. The summed E-state index contributed by atoms with van der Waals surface area (Å²) in [6, 6.07) is 0. The van der Waals surface area contributed by atoms with E-state index >= 15 is 0 Å². The summed E-state index contributed by atoms with van der Waals surface area (Å²) < 4.78 is 22.0. The third-order valence-corrected chi connectivity index (χ3v) is 3.98. The lowest BCUT2D eigenvalue weighted by atomic mass is 9.90. The summed E-state index contributed by atoms with van der Waals surface area (Å²) in [7, 11) is -2.96. The summed E-state index contributed by atoms with van der Waals surface area (Å²) in [5, 5.41) is 8.53. The van der Waals surface area contributed by atoms with Crippen molar-refractivity contribution < 1.29 is 18.3 Å². The van der Waals surface area contributed by atoms with Crippen LogP contribution in [0.3, 0.4) is 0 Å². The zero-order chi connectivity index (χ0) is 10.1. The number of aliphatic carboxylic acids is 1. The fraction of sp³-hybridized carbons (Fsp3) is 0.857. The largest absolute Gasteiger partial charge is 0.481 e. The molecule has 1 aliphatic heterocycles. The molecule has 0 unspecified atom stereocenters. The Bertz CT molecular complexity index is 294. The van der Waals surface area contributed by atoms with Gasteiger partial charge in [-0.25, -0.2) is 8.42 Å². The van der Waals surface area contributed by atoms with Crippen LogP contribution in [0.5, 0.6) is 0 Å². The second-order valence-corrected chi connectivity index (χ2v) is 5.89. The maximum atomic E-state index is 11.0. The lowest BCUT2D eigenvalue weighted by Crippen LogP contribution is -2.48. The predicted molar refractivity (Wildman–Crippen MR) is 47.1 cm³/mol. The molecule has 1 aliphatic rings. The number of carbonyl (C=O) groups is 1. The second-order valence-electron chi connectivity index (χ2n) is 3.58. The molecule has 0 amide bonds. The van der Waals surface area contributed by atoms with Crippen molar-refractivity contribution in [2.24, 2.45) is 5.73 Å². The van der Waals surface area contributed by atoms with Crippen LogP contribution in [-0.2, 0) is 14.6 Å². The van der Waals surface area contributed by atoms with Crippen LogP contribution in [0.4, 0.5) is 0 Å². The number of sulfone groups is 1. The van der Waals surface area contributed by atoms with Gasteiger partial charge in [0.15, 0.2) is 0 Å². The highest BCUT2D eigenvalue weighted by Gasteiger charge is 2.35. The fourth-order valence-electron chi connectivity index (χ4n) is 1.42. The van der Waals surface area contributed by atoms with Gasteiger partial charge in [0.05, 0.1) is 17.9 Å². The molecule has 5 nitrogen and oxygen atoms in total. The number of nitrogens with two attached hydrogens (primary N) is 1. The monoisotopic (exact) mass is 207 g/mol. The Balaban J connectivity index is 2.61. The first kappa shape index (κ1) is 10.5. The van der Waals surface area contributed by atoms with Gasteiger partial charge in [0.1, 0.15) is 9.84 Å². The Labute approximate surface area is 76.8 Å². The van der Waals surface area contributed by atoms with Crippen LogP contribution in [0.25, 0.3) is 0 Å². The van der Waals surface area contributed by atoms with E-state index in [1.54, 1.807) is 0 Å². The van der Waals surface area contributed by atoms with E-state index in [-0.39, 0.29) is 30.8 Å². The van der Waals surface area contributed by atoms with Crippen molar-refractivity contribution in [3.05, 3.63) is 0 Å². The molecular formula is C7H13NO4S. The zero-order valence-electron chi connectivity index (χ0n) is 7.19. The van der Waals surface area contributed by atoms with Crippen LogP contribution in [-0.4, -0.2) is 36.5 Å². The molecule has 1 saturated heterocycles. The van der Waals surface area contributed by atoms with E-state index < -0.39 is 21.3 Å². The van der Waals surface area contributed by atoms with Gasteiger partial charge in [-0.05, 0) is 12.8 Å². The first-order valence-corrected chi connectivity index (χ1v) is 5.86. The molecule has 0 radical (unpaired) electrons. The maximum absolute atomic E-state index is 11.0. The van der Waals surface area contributed by atoms with E-state index in [4.69, 9.17) is 10.8 Å². The van der Waals surface area contributed by atoms with Crippen LogP contribution in [0.1, 0.15) is 19.3 Å². The molecule has 0 saturated carbocycles. The van der Waals surface area contributed by atoms with E-state index in [2.05, 4.69) is 0 Å². The van der Waals surface area contributed by atoms with Crippen molar-refractivity contribution in [3.8, 4) is 0 Å². The molecule has 0 aromatic rings. The number of hydrogen-bond acceptors (Lipinski definition) is 4. The van der Waals surface area contributed by atoms with Crippen molar-refractivity contribution in [1.29, 1.82) is 0 Å². The van der Waals surface area contributed by atoms with Gasteiger partial charge in [0, 0.05) is 5.54 Å².